The Morgan fingerprint density at radius 2 is 2.50 bits per heavy atom. The molecule has 0 spiro atoms. The van der Waals surface area contributed by atoms with Crippen molar-refractivity contribution in [2.45, 2.75) is 6.42 Å². The third-order valence-electron chi connectivity index (χ3n) is 1.40. The lowest BCUT2D eigenvalue weighted by atomic mass is 10.3. The number of hydrogen-bond acceptors (Lipinski definition) is 2. The Kier molecular flexibility index (Phi) is 2.45. The molecule has 1 heterocycles. The second-order valence-electron chi connectivity index (χ2n) is 2.33. The molecule has 0 atom stereocenters. The summed E-state index contributed by atoms with van der Waals surface area (Å²) in [5.41, 5.74) is 1.15. The fourth-order valence-electron chi connectivity index (χ4n) is 0.850. The van der Waals surface area contributed by atoms with E-state index in [1.165, 1.54) is 0 Å². The Balaban J connectivity index is 2.42. The van der Waals surface area contributed by atoms with Gasteiger partial charge >= 0.3 is 0 Å². The normalized spacial score (nSPS) is 10.2. The van der Waals surface area contributed by atoms with Crippen LogP contribution in [0, 0.1) is 0 Å². The van der Waals surface area contributed by atoms with Gasteiger partial charge in [0.15, 0.2) is 0 Å². The monoisotopic (exact) mass is 139 g/mol. The minimum Gasteiger partial charge on any atom is -0.319 e. The molecule has 0 amide bonds. The molecular weight excluding hydrogens is 126 g/mol. The molecule has 0 radical (unpaired) electrons. The molecule has 0 bridgehead atoms. The number of nitrogens with one attached hydrogen (secondary N) is 1. The molecule has 3 nitrogen and oxygen atoms in total. The first-order chi connectivity index (χ1) is 4.83. The van der Waals surface area contributed by atoms with Gasteiger partial charge in [0.2, 0.25) is 0 Å². The summed E-state index contributed by atoms with van der Waals surface area (Å²) in [6, 6.07) is 2.04. The fourth-order valence-corrected chi connectivity index (χ4v) is 0.850. The maximum atomic E-state index is 4.22. The standard InChI is InChI=1S/C7H13N3/c1-8-5-3-7-4-6-10(2)9-7/h4,6,8H,3,5H2,1-2H3. The molecule has 1 rings (SSSR count). The maximum Gasteiger partial charge on any atom is 0.0637 e. The van der Waals surface area contributed by atoms with Crippen molar-refractivity contribution < 1.29 is 0 Å². The van der Waals surface area contributed by atoms with Crippen LogP contribution in [0.25, 0.3) is 0 Å². The van der Waals surface area contributed by atoms with E-state index in [4.69, 9.17) is 0 Å². The van der Waals surface area contributed by atoms with Crippen LogP contribution in [0.5, 0.6) is 0 Å². The largest absolute Gasteiger partial charge is 0.319 e. The number of rotatable bonds is 3. The fraction of sp³-hybridized carbons (Fsp3) is 0.571. The maximum absolute atomic E-state index is 4.22. The second-order valence-corrected chi connectivity index (χ2v) is 2.33. The molecule has 0 fully saturated rings. The van der Waals surface area contributed by atoms with Gasteiger partial charge < -0.3 is 5.32 Å². The molecule has 0 aromatic carbocycles. The Morgan fingerprint density at radius 1 is 1.70 bits per heavy atom. The molecule has 0 aliphatic carbocycles. The van der Waals surface area contributed by atoms with Crippen LogP contribution in [0.1, 0.15) is 5.69 Å². The van der Waals surface area contributed by atoms with Gasteiger partial charge in [-0.05, 0) is 13.1 Å². The van der Waals surface area contributed by atoms with Crippen LogP contribution in [0.2, 0.25) is 0 Å². The summed E-state index contributed by atoms with van der Waals surface area (Å²) in [4.78, 5) is 0. The van der Waals surface area contributed by atoms with E-state index in [1.807, 2.05) is 31.0 Å². The first-order valence-corrected chi connectivity index (χ1v) is 3.46. The van der Waals surface area contributed by atoms with Crippen LogP contribution in [-0.2, 0) is 13.5 Å². The predicted molar refractivity (Wildman–Crippen MR) is 40.8 cm³/mol. The molecule has 56 valence electrons. The number of aromatic nitrogens is 2. The van der Waals surface area contributed by atoms with Crippen LogP contribution in [-0.4, -0.2) is 23.4 Å². The van der Waals surface area contributed by atoms with Crippen molar-refractivity contribution in [2.24, 2.45) is 7.05 Å². The van der Waals surface area contributed by atoms with E-state index in [0.29, 0.717) is 0 Å². The highest BCUT2D eigenvalue weighted by Crippen LogP contribution is 1.93. The lowest BCUT2D eigenvalue weighted by molar-refractivity contribution is 0.716. The number of likely N-dealkylation sites (N-methyl/N-ethyl adjacent to an activating group) is 1. The van der Waals surface area contributed by atoms with E-state index in [-0.39, 0.29) is 0 Å². The van der Waals surface area contributed by atoms with E-state index >= 15 is 0 Å². The summed E-state index contributed by atoms with van der Waals surface area (Å²) >= 11 is 0. The lowest BCUT2D eigenvalue weighted by Gasteiger charge is -1.93. The summed E-state index contributed by atoms with van der Waals surface area (Å²) in [5.74, 6) is 0. The van der Waals surface area contributed by atoms with Crippen molar-refractivity contribution in [3.8, 4) is 0 Å². The third kappa shape index (κ3) is 1.84. The molecule has 0 saturated carbocycles. The van der Waals surface area contributed by atoms with Gasteiger partial charge in [-0.3, -0.25) is 4.68 Å². The zero-order chi connectivity index (χ0) is 7.40. The van der Waals surface area contributed by atoms with E-state index in [2.05, 4.69) is 10.4 Å². The lowest BCUT2D eigenvalue weighted by Crippen LogP contribution is -2.10. The van der Waals surface area contributed by atoms with Crippen LogP contribution in [0.4, 0.5) is 0 Å². The quantitative estimate of drug-likeness (QED) is 0.647. The Labute approximate surface area is 61.0 Å². The van der Waals surface area contributed by atoms with E-state index in [0.717, 1.165) is 18.7 Å². The highest BCUT2D eigenvalue weighted by molar-refractivity contribution is 4.98. The van der Waals surface area contributed by atoms with Gasteiger partial charge in [0.1, 0.15) is 0 Å². The van der Waals surface area contributed by atoms with E-state index in [9.17, 15) is 0 Å². The van der Waals surface area contributed by atoms with Crippen LogP contribution in [0.15, 0.2) is 12.3 Å². The molecule has 10 heavy (non-hydrogen) atoms. The van der Waals surface area contributed by atoms with E-state index < -0.39 is 0 Å². The first kappa shape index (κ1) is 7.28. The van der Waals surface area contributed by atoms with Crippen molar-refractivity contribution in [1.82, 2.24) is 15.1 Å². The SMILES string of the molecule is CNCCc1ccn(C)n1. The number of aryl methyl sites for hydroxylation is 1. The van der Waals surface area contributed by atoms with Crippen LogP contribution >= 0.6 is 0 Å². The van der Waals surface area contributed by atoms with Crippen LogP contribution < -0.4 is 5.32 Å². The van der Waals surface area contributed by atoms with Gasteiger partial charge in [0.05, 0.1) is 5.69 Å². The molecule has 1 aromatic heterocycles. The average Bonchev–Trinajstić information content (AvgIpc) is 2.31. The second kappa shape index (κ2) is 3.37. The van der Waals surface area contributed by atoms with Gasteiger partial charge in [-0.1, -0.05) is 0 Å². The minimum absolute atomic E-state index is 0.997. The molecule has 3 heteroatoms. The summed E-state index contributed by atoms with van der Waals surface area (Å²) in [6.07, 6.45) is 2.97. The van der Waals surface area contributed by atoms with Gasteiger partial charge in [0.25, 0.3) is 0 Å². The van der Waals surface area contributed by atoms with Crippen molar-refractivity contribution in [3.05, 3.63) is 18.0 Å². The molecule has 0 unspecified atom stereocenters. The summed E-state index contributed by atoms with van der Waals surface area (Å²) < 4.78 is 1.82. The van der Waals surface area contributed by atoms with Crippen molar-refractivity contribution in [1.29, 1.82) is 0 Å². The summed E-state index contributed by atoms with van der Waals surface area (Å²) in [6.45, 7) is 0.997. The molecule has 0 aliphatic heterocycles. The van der Waals surface area contributed by atoms with Gasteiger partial charge in [-0.2, -0.15) is 5.10 Å². The first-order valence-electron chi connectivity index (χ1n) is 3.46. The van der Waals surface area contributed by atoms with Crippen molar-refractivity contribution in [2.75, 3.05) is 13.6 Å². The molecule has 1 N–H and O–H groups in total. The molecule has 1 aromatic rings. The number of nitrogens with zero attached hydrogens (tertiary/aromatic N) is 2. The van der Waals surface area contributed by atoms with Crippen LogP contribution in [0.3, 0.4) is 0 Å². The smallest absolute Gasteiger partial charge is 0.0637 e. The van der Waals surface area contributed by atoms with Gasteiger partial charge in [-0.15, -0.1) is 0 Å². The van der Waals surface area contributed by atoms with Crippen molar-refractivity contribution >= 4 is 0 Å². The number of hydrogen-bond donors (Lipinski definition) is 1. The van der Waals surface area contributed by atoms with Gasteiger partial charge in [0, 0.05) is 26.2 Å². The average molecular weight is 139 g/mol. The molecular formula is C7H13N3. The summed E-state index contributed by atoms with van der Waals surface area (Å²) in [7, 11) is 3.88. The Morgan fingerprint density at radius 3 is 3.00 bits per heavy atom. The minimum atomic E-state index is 0.997. The Hall–Kier alpha value is -0.830. The molecule has 0 aliphatic rings. The zero-order valence-corrected chi connectivity index (χ0v) is 6.46. The topological polar surface area (TPSA) is 29.9 Å². The highest BCUT2D eigenvalue weighted by atomic mass is 15.2. The summed E-state index contributed by atoms with van der Waals surface area (Å²) in [5, 5.41) is 7.30. The Bertz CT molecular complexity index is 192. The van der Waals surface area contributed by atoms with Crippen molar-refractivity contribution in [3.63, 3.8) is 0 Å². The predicted octanol–water partition coefficient (Wildman–Crippen LogP) is 0.182. The van der Waals surface area contributed by atoms with E-state index in [1.54, 1.807) is 0 Å². The molecule has 0 saturated heterocycles. The zero-order valence-electron chi connectivity index (χ0n) is 6.46. The third-order valence-corrected chi connectivity index (χ3v) is 1.40. The highest BCUT2D eigenvalue weighted by Gasteiger charge is 1.93. The van der Waals surface area contributed by atoms with Gasteiger partial charge in [-0.25, -0.2) is 0 Å².